The number of rotatable bonds is 5. The lowest BCUT2D eigenvalue weighted by molar-refractivity contribution is 0.0524. The monoisotopic (exact) mass is 463 g/mol. The maximum atomic E-state index is 13.4. The highest BCUT2D eigenvalue weighted by molar-refractivity contribution is 6.13. The van der Waals surface area contributed by atoms with Gasteiger partial charge >= 0.3 is 5.97 Å². The van der Waals surface area contributed by atoms with Gasteiger partial charge in [0.25, 0.3) is 5.91 Å². The van der Waals surface area contributed by atoms with Crippen LogP contribution in [0.25, 0.3) is 33.1 Å². The average Bonchev–Trinajstić information content (AvgIpc) is 2.89. The molecule has 1 amide bonds. The van der Waals surface area contributed by atoms with Gasteiger partial charge in [-0.25, -0.2) is 9.78 Å². The number of para-hydroxylation sites is 1. The van der Waals surface area contributed by atoms with Gasteiger partial charge in [-0.15, -0.1) is 0 Å². The second kappa shape index (κ2) is 9.23. The van der Waals surface area contributed by atoms with Crippen molar-refractivity contribution < 1.29 is 14.3 Å². The van der Waals surface area contributed by atoms with Gasteiger partial charge in [0.1, 0.15) is 5.56 Å². The van der Waals surface area contributed by atoms with E-state index in [4.69, 9.17) is 9.72 Å². The van der Waals surface area contributed by atoms with Crippen molar-refractivity contribution in [3.63, 3.8) is 0 Å². The predicted octanol–water partition coefficient (Wildman–Crippen LogP) is 5.17. The van der Waals surface area contributed by atoms with Gasteiger partial charge in [-0.05, 0) is 37.3 Å². The highest BCUT2D eigenvalue weighted by Crippen LogP contribution is 2.26. The van der Waals surface area contributed by atoms with Gasteiger partial charge in [0, 0.05) is 33.7 Å². The highest BCUT2D eigenvalue weighted by Gasteiger charge is 2.17. The van der Waals surface area contributed by atoms with Crippen molar-refractivity contribution in [3.8, 4) is 11.3 Å². The topological polar surface area (TPSA) is 101 Å². The van der Waals surface area contributed by atoms with Crippen LogP contribution < -0.4 is 10.7 Å². The van der Waals surface area contributed by atoms with Crippen molar-refractivity contribution >= 4 is 39.4 Å². The molecule has 0 fully saturated rings. The second-order valence-corrected chi connectivity index (χ2v) is 7.90. The molecule has 35 heavy (non-hydrogen) atoms. The summed E-state index contributed by atoms with van der Waals surface area (Å²) in [4.78, 5) is 46.1. The second-order valence-electron chi connectivity index (χ2n) is 7.90. The Hall–Kier alpha value is -4.78. The van der Waals surface area contributed by atoms with E-state index in [-0.39, 0.29) is 23.5 Å². The Kier molecular flexibility index (Phi) is 5.81. The minimum atomic E-state index is -0.693. The van der Waals surface area contributed by atoms with E-state index in [0.29, 0.717) is 33.4 Å². The number of aromatic amines is 1. The minimum absolute atomic E-state index is 0.0875. The number of aromatic nitrogens is 2. The number of H-pyrrole nitrogens is 1. The van der Waals surface area contributed by atoms with E-state index < -0.39 is 11.4 Å². The first kappa shape index (κ1) is 22.0. The number of fused-ring (bicyclic) bond motifs is 2. The first-order chi connectivity index (χ1) is 17.0. The predicted molar refractivity (Wildman–Crippen MR) is 136 cm³/mol. The Balaban J connectivity index is 1.55. The summed E-state index contributed by atoms with van der Waals surface area (Å²) in [6.45, 7) is 1.84. The van der Waals surface area contributed by atoms with Gasteiger partial charge in [0.15, 0.2) is 0 Å². The van der Waals surface area contributed by atoms with Crippen LogP contribution in [-0.2, 0) is 4.74 Å². The van der Waals surface area contributed by atoms with Crippen LogP contribution in [0.2, 0.25) is 0 Å². The molecule has 2 heterocycles. The number of anilines is 1. The molecule has 0 unspecified atom stereocenters. The highest BCUT2D eigenvalue weighted by atomic mass is 16.5. The maximum Gasteiger partial charge on any atom is 0.343 e. The van der Waals surface area contributed by atoms with Crippen LogP contribution in [0.4, 0.5) is 5.69 Å². The number of amides is 1. The molecule has 2 N–H and O–H groups in total. The first-order valence-electron chi connectivity index (χ1n) is 11.1. The molecule has 0 radical (unpaired) electrons. The summed E-state index contributed by atoms with van der Waals surface area (Å²) in [5.41, 5.74) is 3.17. The van der Waals surface area contributed by atoms with Crippen LogP contribution in [0.3, 0.4) is 0 Å². The van der Waals surface area contributed by atoms with Crippen molar-refractivity contribution in [2.75, 3.05) is 11.9 Å². The molecule has 0 bridgehead atoms. The Labute approximate surface area is 200 Å². The van der Waals surface area contributed by atoms with Gasteiger partial charge in [0.2, 0.25) is 5.43 Å². The van der Waals surface area contributed by atoms with Crippen molar-refractivity contribution in [3.05, 3.63) is 106 Å². The van der Waals surface area contributed by atoms with E-state index in [2.05, 4.69) is 10.3 Å². The zero-order valence-electron chi connectivity index (χ0n) is 18.9. The van der Waals surface area contributed by atoms with E-state index in [0.717, 1.165) is 5.56 Å². The quantitative estimate of drug-likeness (QED) is 0.350. The Morgan fingerprint density at radius 2 is 1.69 bits per heavy atom. The molecular formula is C28H21N3O4. The Bertz CT molecular complexity index is 1640. The number of ether oxygens (including phenoxy) is 1. The number of nitrogens with one attached hydrogen (secondary N) is 2. The number of hydrogen-bond acceptors (Lipinski definition) is 5. The summed E-state index contributed by atoms with van der Waals surface area (Å²) in [5.74, 6) is -1.03. The molecule has 0 saturated heterocycles. The van der Waals surface area contributed by atoms with Gasteiger partial charge in [-0.3, -0.25) is 9.59 Å². The van der Waals surface area contributed by atoms with Crippen LogP contribution in [0.1, 0.15) is 27.6 Å². The van der Waals surface area contributed by atoms with Gasteiger partial charge in [-0.2, -0.15) is 0 Å². The normalized spacial score (nSPS) is 10.9. The largest absolute Gasteiger partial charge is 0.462 e. The van der Waals surface area contributed by atoms with Gasteiger partial charge in [0.05, 0.1) is 23.4 Å². The fourth-order valence-corrected chi connectivity index (χ4v) is 3.98. The lowest BCUT2D eigenvalue weighted by Crippen LogP contribution is -2.18. The molecule has 0 spiro atoms. The molecule has 0 aliphatic carbocycles. The Morgan fingerprint density at radius 1 is 0.914 bits per heavy atom. The van der Waals surface area contributed by atoms with Crippen LogP contribution in [0, 0.1) is 0 Å². The van der Waals surface area contributed by atoms with Crippen LogP contribution in [0.15, 0.2) is 89.9 Å². The van der Waals surface area contributed by atoms with Crippen LogP contribution >= 0.6 is 0 Å². The van der Waals surface area contributed by atoms with Gasteiger partial charge < -0.3 is 15.0 Å². The zero-order chi connectivity index (χ0) is 24.4. The molecule has 0 aliphatic rings. The number of esters is 1. The molecule has 0 atom stereocenters. The molecule has 172 valence electrons. The molecule has 7 heteroatoms. The zero-order valence-corrected chi connectivity index (χ0v) is 18.9. The molecule has 3 aromatic carbocycles. The van der Waals surface area contributed by atoms with Crippen molar-refractivity contribution in [1.82, 2.24) is 9.97 Å². The number of benzene rings is 3. The fourth-order valence-electron chi connectivity index (χ4n) is 3.98. The van der Waals surface area contributed by atoms with Crippen LogP contribution in [0.5, 0.6) is 0 Å². The van der Waals surface area contributed by atoms with Crippen molar-refractivity contribution in [1.29, 1.82) is 0 Å². The summed E-state index contributed by atoms with van der Waals surface area (Å²) >= 11 is 0. The standard InChI is InChI=1S/C28H21N3O4/c1-2-35-28(34)22-16-29-23-13-12-18(14-21(23)26(22)32)30-27(33)20-15-25(17-8-4-3-5-9-17)31-24-11-7-6-10-19(20)24/h3-16H,2H2,1H3,(H,29,32)(H,30,33). The van der Waals surface area contributed by atoms with Gasteiger partial charge in [-0.1, -0.05) is 48.5 Å². The molecule has 5 rings (SSSR count). The molecular weight excluding hydrogens is 442 g/mol. The summed E-state index contributed by atoms with van der Waals surface area (Å²) in [6.07, 6.45) is 1.34. The van der Waals surface area contributed by atoms with E-state index in [9.17, 15) is 14.4 Å². The minimum Gasteiger partial charge on any atom is -0.462 e. The lowest BCUT2D eigenvalue weighted by atomic mass is 10.0. The number of carbonyl (C=O) groups excluding carboxylic acids is 2. The van der Waals surface area contributed by atoms with Crippen molar-refractivity contribution in [2.45, 2.75) is 6.92 Å². The summed E-state index contributed by atoms with van der Waals surface area (Å²) in [6, 6.07) is 23.8. The molecule has 2 aromatic heterocycles. The van der Waals surface area contributed by atoms with Crippen molar-refractivity contribution in [2.24, 2.45) is 0 Å². The molecule has 5 aromatic rings. The molecule has 7 nitrogen and oxygen atoms in total. The van der Waals surface area contributed by atoms with E-state index in [1.54, 1.807) is 31.2 Å². The molecule has 0 saturated carbocycles. The third-order valence-corrected chi connectivity index (χ3v) is 5.66. The third-order valence-electron chi connectivity index (χ3n) is 5.66. The average molecular weight is 463 g/mol. The van der Waals surface area contributed by atoms with E-state index in [1.807, 2.05) is 54.6 Å². The smallest absolute Gasteiger partial charge is 0.343 e. The summed E-state index contributed by atoms with van der Waals surface area (Å²) in [7, 11) is 0. The number of hydrogen-bond donors (Lipinski definition) is 2. The number of nitrogens with zero attached hydrogens (tertiary/aromatic N) is 1. The van der Waals surface area contributed by atoms with Crippen LogP contribution in [-0.4, -0.2) is 28.5 Å². The fraction of sp³-hybridized carbons (Fsp3) is 0.0714. The van der Waals surface area contributed by atoms with E-state index >= 15 is 0 Å². The van der Waals surface area contributed by atoms with E-state index in [1.165, 1.54) is 6.20 Å². The Morgan fingerprint density at radius 3 is 2.49 bits per heavy atom. The lowest BCUT2D eigenvalue weighted by Gasteiger charge is -2.11. The third kappa shape index (κ3) is 4.27. The summed E-state index contributed by atoms with van der Waals surface area (Å²) in [5, 5.41) is 3.88. The SMILES string of the molecule is CCOC(=O)c1c[nH]c2ccc(NC(=O)c3cc(-c4ccccc4)nc4ccccc34)cc2c1=O. The molecule has 0 aliphatic heterocycles. The number of carbonyl (C=O) groups is 2. The summed E-state index contributed by atoms with van der Waals surface area (Å²) < 4.78 is 4.96. The number of pyridine rings is 2. The maximum absolute atomic E-state index is 13.4. The first-order valence-corrected chi connectivity index (χ1v) is 11.1.